The number of H-pyrrole nitrogens is 1. The van der Waals surface area contributed by atoms with Crippen molar-refractivity contribution in [1.29, 1.82) is 0 Å². The average Bonchev–Trinajstić information content (AvgIpc) is 3.00. The van der Waals surface area contributed by atoms with Crippen LogP contribution in [0.5, 0.6) is 5.75 Å². The first-order valence-electron chi connectivity index (χ1n) is 7.34. The van der Waals surface area contributed by atoms with E-state index in [1.807, 2.05) is 24.4 Å². The van der Waals surface area contributed by atoms with Crippen molar-refractivity contribution >= 4 is 34.2 Å². The van der Waals surface area contributed by atoms with Crippen molar-refractivity contribution in [2.24, 2.45) is 0 Å². The van der Waals surface area contributed by atoms with Gasteiger partial charge < -0.3 is 10.1 Å². The fourth-order valence-corrected chi connectivity index (χ4v) is 3.16. The molecule has 0 atom stereocenters. The predicted molar refractivity (Wildman–Crippen MR) is 98.7 cm³/mol. The number of nitrogens with zero attached hydrogens (tertiary/aromatic N) is 1. The van der Waals surface area contributed by atoms with E-state index in [4.69, 9.17) is 23.2 Å². The van der Waals surface area contributed by atoms with Gasteiger partial charge in [-0.05, 0) is 42.0 Å². The number of phenolic OH excluding ortho intramolecular Hbond substituents is 1. The van der Waals surface area contributed by atoms with Crippen molar-refractivity contribution in [2.45, 2.75) is 0 Å². The van der Waals surface area contributed by atoms with Crippen LogP contribution in [0.1, 0.15) is 0 Å². The van der Waals surface area contributed by atoms with Crippen LogP contribution < -0.4 is 0 Å². The van der Waals surface area contributed by atoms with Gasteiger partial charge in [0.05, 0.1) is 0 Å². The number of halogens is 2. The van der Waals surface area contributed by atoms with Gasteiger partial charge in [0.1, 0.15) is 11.4 Å². The summed E-state index contributed by atoms with van der Waals surface area (Å²) in [5.41, 5.74) is 4.37. The summed E-state index contributed by atoms with van der Waals surface area (Å²) in [7, 11) is 0. The Hall–Kier alpha value is -2.49. The lowest BCUT2D eigenvalue weighted by Crippen LogP contribution is -1.83. The number of fused-ring (bicyclic) bond motifs is 1. The Morgan fingerprint density at radius 3 is 2.62 bits per heavy atom. The van der Waals surface area contributed by atoms with E-state index in [2.05, 4.69) is 9.97 Å². The normalized spacial score (nSPS) is 11.1. The van der Waals surface area contributed by atoms with Crippen molar-refractivity contribution in [3.05, 3.63) is 71.0 Å². The van der Waals surface area contributed by atoms with E-state index in [-0.39, 0.29) is 5.75 Å². The maximum Gasteiger partial charge on any atom is 0.137 e. The van der Waals surface area contributed by atoms with Gasteiger partial charge >= 0.3 is 0 Å². The van der Waals surface area contributed by atoms with Gasteiger partial charge in [0.15, 0.2) is 0 Å². The highest BCUT2D eigenvalue weighted by molar-refractivity contribution is 6.35. The molecular weight excluding hydrogens is 343 g/mol. The molecule has 0 saturated heterocycles. The third kappa shape index (κ3) is 2.62. The zero-order valence-corrected chi connectivity index (χ0v) is 13.9. The van der Waals surface area contributed by atoms with Crippen LogP contribution in [0, 0.1) is 0 Å². The number of hydrogen-bond donors (Lipinski definition) is 2. The van der Waals surface area contributed by atoms with Crippen LogP contribution in [-0.2, 0) is 0 Å². The van der Waals surface area contributed by atoms with Crippen molar-refractivity contribution < 1.29 is 5.11 Å². The molecule has 0 aliphatic carbocycles. The second kappa shape index (κ2) is 5.86. The standard InChI is InChI=1S/C19H12Cl2N2O/c20-13-4-5-18(21)15(8-13)17-10-23-19-16(17)7-12(9-22-19)11-2-1-3-14(24)6-11/h1-10,24H,(H,22,23). The second-order valence-electron chi connectivity index (χ2n) is 5.50. The molecule has 0 bridgehead atoms. The Morgan fingerprint density at radius 2 is 1.79 bits per heavy atom. The van der Waals surface area contributed by atoms with Gasteiger partial charge in [0.25, 0.3) is 0 Å². The van der Waals surface area contributed by atoms with E-state index in [1.54, 1.807) is 36.5 Å². The van der Waals surface area contributed by atoms with Crippen LogP contribution >= 0.6 is 23.2 Å². The van der Waals surface area contributed by atoms with E-state index >= 15 is 0 Å². The second-order valence-corrected chi connectivity index (χ2v) is 6.34. The number of rotatable bonds is 2. The molecule has 4 aromatic rings. The largest absolute Gasteiger partial charge is 0.508 e. The zero-order chi connectivity index (χ0) is 16.7. The number of aromatic nitrogens is 2. The Balaban J connectivity index is 1.92. The minimum atomic E-state index is 0.222. The zero-order valence-electron chi connectivity index (χ0n) is 12.4. The maximum absolute atomic E-state index is 9.69. The molecule has 0 aliphatic heterocycles. The Morgan fingerprint density at radius 1 is 0.917 bits per heavy atom. The molecule has 24 heavy (non-hydrogen) atoms. The first-order chi connectivity index (χ1) is 11.6. The quantitative estimate of drug-likeness (QED) is 0.470. The summed E-state index contributed by atoms with van der Waals surface area (Å²) in [4.78, 5) is 7.63. The SMILES string of the molecule is Oc1cccc(-c2cnc3[nH]cc(-c4cc(Cl)ccc4Cl)c3c2)c1. The van der Waals surface area contributed by atoms with E-state index in [0.717, 1.165) is 33.3 Å². The van der Waals surface area contributed by atoms with E-state index < -0.39 is 0 Å². The van der Waals surface area contributed by atoms with Crippen LogP contribution in [0.3, 0.4) is 0 Å². The molecule has 0 saturated carbocycles. The minimum absolute atomic E-state index is 0.222. The lowest BCUT2D eigenvalue weighted by atomic mass is 10.0. The van der Waals surface area contributed by atoms with Gasteiger partial charge in [0.2, 0.25) is 0 Å². The molecule has 0 unspecified atom stereocenters. The molecule has 3 nitrogen and oxygen atoms in total. The highest BCUT2D eigenvalue weighted by Gasteiger charge is 2.12. The molecule has 118 valence electrons. The van der Waals surface area contributed by atoms with Crippen LogP contribution in [-0.4, -0.2) is 15.1 Å². The summed E-state index contributed by atoms with van der Waals surface area (Å²) in [5, 5.41) is 11.9. The van der Waals surface area contributed by atoms with E-state index in [9.17, 15) is 5.11 Å². The lowest BCUT2D eigenvalue weighted by Gasteiger charge is -2.06. The van der Waals surface area contributed by atoms with Crippen molar-refractivity contribution in [3.63, 3.8) is 0 Å². The van der Waals surface area contributed by atoms with Crippen LogP contribution in [0.2, 0.25) is 10.0 Å². The summed E-state index contributed by atoms with van der Waals surface area (Å²) in [6.07, 6.45) is 3.65. The molecule has 0 fully saturated rings. The van der Waals surface area contributed by atoms with Crippen molar-refractivity contribution in [2.75, 3.05) is 0 Å². The first-order valence-corrected chi connectivity index (χ1v) is 8.09. The van der Waals surface area contributed by atoms with E-state index in [0.29, 0.717) is 10.0 Å². The summed E-state index contributed by atoms with van der Waals surface area (Å²) in [5.74, 6) is 0.222. The molecule has 5 heteroatoms. The van der Waals surface area contributed by atoms with Gasteiger partial charge in [-0.1, -0.05) is 35.3 Å². The lowest BCUT2D eigenvalue weighted by molar-refractivity contribution is 0.475. The third-order valence-electron chi connectivity index (χ3n) is 3.93. The Bertz CT molecular complexity index is 1060. The third-order valence-corrected chi connectivity index (χ3v) is 4.49. The molecule has 0 spiro atoms. The molecule has 2 aromatic carbocycles. The molecular formula is C19H12Cl2N2O. The molecule has 2 N–H and O–H groups in total. The van der Waals surface area contributed by atoms with Gasteiger partial charge in [-0.25, -0.2) is 4.98 Å². The number of aromatic amines is 1. The summed E-state index contributed by atoms with van der Waals surface area (Å²) < 4.78 is 0. The number of phenols is 1. The molecule has 2 aromatic heterocycles. The monoisotopic (exact) mass is 354 g/mol. The average molecular weight is 355 g/mol. The smallest absolute Gasteiger partial charge is 0.137 e. The summed E-state index contributed by atoms with van der Waals surface area (Å²) in [6, 6.07) is 14.5. The van der Waals surface area contributed by atoms with Crippen LogP contribution in [0.25, 0.3) is 33.3 Å². The maximum atomic E-state index is 9.69. The van der Waals surface area contributed by atoms with E-state index in [1.165, 1.54) is 0 Å². The summed E-state index contributed by atoms with van der Waals surface area (Å²) >= 11 is 12.5. The van der Waals surface area contributed by atoms with Gasteiger partial charge in [-0.2, -0.15) is 0 Å². The number of benzene rings is 2. The number of hydrogen-bond acceptors (Lipinski definition) is 2. The Labute approximate surface area is 148 Å². The highest BCUT2D eigenvalue weighted by Crippen LogP contribution is 2.36. The number of aromatic hydroxyl groups is 1. The molecule has 0 radical (unpaired) electrons. The van der Waals surface area contributed by atoms with Gasteiger partial charge in [0, 0.05) is 44.5 Å². The molecule has 0 amide bonds. The topological polar surface area (TPSA) is 48.9 Å². The van der Waals surface area contributed by atoms with Crippen LogP contribution in [0.15, 0.2) is 60.9 Å². The fraction of sp³-hybridized carbons (Fsp3) is 0. The van der Waals surface area contributed by atoms with Gasteiger partial charge in [-0.15, -0.1) is 0 Å². The predicted octanol–water partition coefficient (Wildman–Crippen LogP) is 5.91. The van der Waals surface area contributed by atoms with Crippen LogP contribution in [0.4, 0.5) is 0 Å². The minimum Gasteiger partial charge on any atom is -0.508 e. The molecule has 2 heterocycles. The fourth-order valence-electron chi connectivity index (χ4n) is 2.77. The molecule has 4 rings (SSSR count). The molecule has 0 aliphatic rings. The first kappa shape index (κ1) is 15.1. The number of pyridine rings is 1. The highest BCUT2D eigenvalue weighted by atomic mass is 35.5. The van der Waals surface area contributed by atoms with Crippen molar-refractivity contribution in [3.8, 4) is 28.0 Å². The van der Waals surface area contributed by atoms with Gasteiger partial charge in [-0.3, -0.25) is 0 Å². The number of nitrogens with one attached hydrogen (secondary N) is 1. The van der Waals surface area contributed by atoms with Crippen molar-refractivity contribution in [1.82, 2.24) is 9.97 Å². The Kier molecular flexibility index (Phi) is 3.68. The summed E-state index contributed by atoms with van der Waals surface area (Å²) in [6.45, 7) is 0.